The van der Waals surface area contributed by atoms with E-state index >= 15 is 0 Å². The van der Waals surface area contributed by atoms with E-state index in [-0.39, 0.29) is 29.6 Å². The van der Waals surface area contributed by atoms with Crippen LogP contribution in [0.1, 0.15) is 64.5 Å². The van der Waals surface area contributed by atoms with Crippen molar-refractivity contribution in [2.45, 2.75) is 38.5 Å². The van der Waals surface area contributed by atoms with Crippen molar-refractivity contribution in [3.8, 4) is 5.75 Å². The second kappa shape index (κ2) is 11.5. The quantitative estimate of drug-likeness (QED) is 0.437. The summed E-state index contributed by atoms with van der Waals surface area (Å²) in [6.07, 6.45) is 2.79. The molecule has 2 aliphatic heterocycles. The largest absolute Gasteiger partial charge is 0.496 e. The van der Waals surface area contributed by atoms with E-state index in [1.807, 2.05) is 34.5 Å². The van der Waals surface area contributed by atoms with Gasteiger partial charge in [0.2, 0.25) is 0 Å². The molecule has 0 bridgehead atoms. The third kappa shape index (κ3) is 5.36. The zero-order chi connectivity index (χ0) is 26.6. The average molecular weight is 537 g/mol. The number of aromatic nitrogens is 2. The number of benzene rings is 1. The fourth-order valence-corrected chi connectivity index (χ4v) is 6.19. The van der Waals surface area contributed by atoms with E-state index in [9.17, 15) is 14.4 Å². The minimum atomic E-state index is -0.170. The number of nitrogens with zero attached hydrogens (tertiary/aromatic N) is 4. The summed E-state index contributed by atoms with van der Waals surface area (Å²) in [5.41, 5.74) is 1.58. The Morgan fingerprint density at radius 2 is 1.61 bits per heavy atom. The van der Waals surface area contributed by atoms with Crippen LogP contribution in [0.25, 0.3) is 10.9 Å². The van der Waals surface area contributed by atoms with Crippen molar-refractivity contribution in [1.82, 2.24) is 19.8 Å². The fourth-order valence-electron chi connectivity index (χ4n) is 5.23. The van der Waals surface area contributed by atoms with Gasteiger partial charge in [-0.05, 0) is 44.7 Å². The molecule has 2 amide bonds. The van der Waals surface area contributed by atoms with Gasteiger partial charge >= 0.3 is 5.97 Å². The van der Waals surface area contributed by atoms with Crippen LogP contribution in [-0.2, 0) is 9.53 Å². The predicted octanol–water partition coefficient (Wildman–Crippen LogP) is 4.14. The van der Waals surface area contributed by atoms with Crippen molar-refractivity contribution in [3.05, 3.63) is 52.1 Å². The number of fused-ring (bicyclic) bond motifs is 1. The van der Waals surface area contributed by atoms with Gasteiger partial charge in [-0.15, -0.1) is 11.3 Å². The Hall–Kier alpha value is -3.53. The monoisotopic (exact) mass is 536 g/mol. The molecule has 0 aliphatic carbocycles. The fraction of sp³-hybridized carbons (Fsp3) is 0.464. The van der Waals surface area contributed by atoms with Gasteiger partial charge in [-0.25, -0.2) is 9.97 Å². The third-order valence-corrected chi connectivity index (χ3v) is 8.40. The highest BCUT2D eigenvalue weighted by molar-refractivity contribution is 7.09. The second-order valence-electron chi connectivity index (χ2n) is 9.68. The second-order valence-corrected chi connectivity index (χ2v) is 10.6. The van der Waals surface area contributed by atoms with Crippen molar-refractivity contribution in [2.75, 3.05) is 39.9 Å². The number of likely N-dealkylation sites (tertiary alicyclic amines) is 2. The first-order valence-electron chi connectivity index (χ1n) is 13.1. The summed E-state index contributed by atoms with van der Waals surface area (Å²) in [7, 11) is 1.60. The number of hydrogen-bond donors (Lipinski definition) is 0. The maximum Gasteiger partial charge on any atom is 0.309 e. The van der Waals surface area contributed by atoms with Gasteiger partial charge < -0.3 is 19.3 Å². The first-order chi connectivity index (χ1) is 18.5. The van der Waals surface area contributed by atoms with Gasteiger partial charge in [-0.1, -0.05) is 12.1 Å². The van der Waals surface area contributed by atoms with E-state index in [0.29, 0.717) is 62.8 Å². The highest BCUT2D eigenvalue weighted by Crippen LogP contribution is 2.32. The number of piperidine rings is 2. The molecule has 0 unspecified atom stereocenters. The van der Waals surface area contributed by atoms with Crippen LogP contribution in [0.15, 0.2) is 35.7 Å². The minimum Gasteiger partial charge on any atom is -0.496 e. The Morgan fingerprint density at radius 3 is 2.29 bits per heavy atom. The number of rotatable bonds is 6. The highest BCUT2D eigenvalue weighted by Gasteiger charge is 2.31. The molecule has 10 heteroatoms. The van der Waals surface area contributed by atoms with Crippen molar-refractivity contribution < 1.29 is 23.9 Å². The molecule has 2 aromatic heterocycles. The number of ether oxygens (including phenoxy) is 2. The lowest BCUT2D eigenvalue weighted by atomic mass is 9.96. The normalized spacial score (nSPS) is 17.0. The third-order valence-electron chi connectivity index (χ3n) is 7.39. The number of esters is 1. The van der Waals surface area contributed by atoms with Gasteiger partial charge in [-0.2, -0.15) is 0 Å². The van der Waals surface area contributed by atoms with Crippen molar-refractivity contribution in [2.24, 2.45) is 5.92 Å². The minimum absolute atomic E-state index is 0.0845. The van der Waals surface area contributed by atoms with E-state index < -0.39 is 0 Å². The summed E-state index contributed by atoms with van der Waals surface area (Å²) in [5.74, 6) is 0.352. The smallest absolute Gasteiger partial charge is 0.309 e. The van der Waals surface area contributed by atoms with E-state index in [2.05, 4.69) is 9.97 Å². The first-order valence-corrected chi connectivity index (χ1v) is 14.0. The molecule has 2 saturated heterocycles. The molecule has 200 valence electrons. The molecule has 1 aromatic carbocycles. The molecule has 0 N–H and O–H groups in total. The van der Waals surface area contributed by atoms with E-state index in [1.54, 1.807) is 25.0 Å². The molecule has 38 heavy (non-hydrogen) atoms. The lowest BCUT2D eigenvalue weighted by molar-refractivity contribution is -0.149. The molecule has 0 spiro atoms. The van der Waals surface area contributed by atoms with Crippen LogP contribution in [0.5, 0.6) is 5.75 Å². The van der Waals surface area contributed by atoms with Crippen LogP contribution in [0, 0.1) is 5.92 Å². The molecule has 0 atom stereocenters. The van der Waals surface area contributed by atoms with E-state index in [0.717, 1.165) is 28.8 Å². The zero-order valence-electron chi connectivity index (χ0n) is 21.7. The summed E-state index contributed by atoms with van der Waals surface area (Å²) in [6.45, 7) is 4.45. The van der Waals surface area contributed by atoms with Crippen molar-refractivity contribution in [3.63, 3.8) is 0 Å². The van der Waals surface area contributed by atoms with Crippen LogP contribution >= 0.6 is 11.3 Å². The highest BCUT2D eigenvalue weighted by atomic mass is 32.1. The topological polar surface area (TPSA) is 102 Å². The Labute approximate surface area is 225 Å². The van der Waals surface area contributed by atoms with E-state index in [1.165, 1.54) is 11.3 Å². The Balaban J connectivity index is 1.17. The molecule has 0 radical (unpaired) electrons. The molecular formula is C28H32N4O5S. The van der Waals surface area contributed by atoms with Crippen LogP contribution in [0.4, 0.5) is 0 Å². The van der Waals surface area contributed by atoms with Crippen LogP contribution < -0.4 is 4.74 Å². The van der Waals surface area contributed by atoms with Crippen molar-refractivity contribution >= 4 is 40.0 Å². The van der Waals surface area contributed by atoms with Crippen molar-refractivity contribution in [1.29, 1.82) is 0 Å². The number of carbonyl (C=O) groups excluding carboxylic acids is 3. The molecule has 0 saturated carbocycles. The lowest BCUT2D eigenvalue weighted by Gasteiger charge is -2.31. The zero-order valence-corrected chi connectivity index (χ0v) is 22.5. The van der Waals surface area contributed by atoms with Crippen LogP contribution in [0.2, 0.25) is 0 Å². The number of pyridine rings is 1. The molecule has 2 aliphatic rings. The Kier molecular flexibility index (Phi) is 7.87. The first kappa shape index (κ1) is 26.1. The maximum atomic E-state index is 13.2. The van der Waals surface area contributed by atoms with Gasteiger partial charge in [0, 0.05) is 48.9 Å². The number of methoxy groups -OCH3 is 1. The standard InChI is InChI=1S/C28H32N4O5S/c1-3-37-28(35)19-10-14-32(15-11-19)27(34)23-17-38-25(30-23)18-8-12-31(13-9-18)26(33)22-16-24(36-2)20-6-4-5-7-21(20)29-22/h4-7,16-19H,3,8-15H2,1-2H3. The maximum absolute atomic E-state index is 13.2. The van der Waals surface area contributed by atoms with E-state index in [4.69, 9.17) is 9.47 Å². The molecule has 5 rings (SSSR count). The molecular weight excluding hydrogens is 504 g/mol. The summed E-state index contributed by atoms with van der Waals surface area (Å²) in [5, 5.41) is 3.65. The van der Waals surface area contributed by atoms with Gasteiger partial charge in [-0.3, -0.25) is 14.4 Å². The Morgan fingerprint density at radius 1 is 0.947 bits per heavy atom. The number of hydrogen-bond acceptors (Lipinski definition) is 8. The summed E-state index contributed by atoms with van der Waals surface area (Å²) in [4.78, 5) is 51.1. The summed E-state index contributed by atoms with van der Waals surface area (Å²) < 4.78 is 10.6. The summed E-state index contributed by atoms with van der Waals surface area (Å²) in [6, 6.07) is 9.34. The van der Waals surface area contributed by atoms with Crippen LogP contribution in [-0.4, -0.2) is 77.4 Å². The SMILES string of the molecule is CCOC(=O)C1CCN(C(=O)c2csc(C3CCN(C(=O)c4cc(OC)c5ccccc5n4)CC3)n2)CC1. The number of para-hydroxylation sites is 1. The van der Waals surface area contributed by atoms with Gasteiger partial charge in [0.05, 0.1) is 30.2 Å². The molecule has 3 aromatic rings. The van der Waals surface area contributed by atoms with Gasteiger partial charge in [0.25, 0.3) is 11.8 Å². The Bertz CT molecular complexity index is 1330. The molecule has 2 fully saturated rings. The average Bonchev–Trinajstić information content (AvgIpc) is 3.46. The summed E-state index contributed by atoms with van der Waals surface area (Å²) >= 11 is 1.51. The predicted molar refractivity (Wildman–Crippen MR) is 144 cm³/mol. The molecule has 9 nitrogen and oxygen atoms in total. The van der Waals surface area contributed by atoms with Crippen LogP contribution in [0.3, 0.4) is 0 Å². The number of thiazole rings is 1. The lowest BCUT2D eigenvalue weighted by Crippen LogP contribution is -2.40. The van der Waals surface area contributed by atoms with Gasteiger partial charge in [0.1, 0.15) is 17.1 Å². The number of carbonyl (C=O) groups is 3. The molecule has 4 heterocycles. The van der Waals surface area contributed by atoms with Gasteiger partial charge in [0.15, 0.2) is 0 Å². The number of amides is 2.